The molecule has 6 nitrogen and oxygen atoms in total. The molecule has 3 aromatic rings. The molecule has 0 saturated heterocycles. The number of nitrogens with zero attached hydrogens (tertiary/aromatic N) is 5. The lowest BCUT2D eigenvalue weighted by molar-refractivity contribution is 0.244. The first-order chi connectivity index (χ1) is 10.6. The van der Waals surface area contributed by atoms with E-state index in [9.17, 15) is 4.79 Å². The van der Waals surface area contributed by atoms with Crippen molar-refractivity contribution in [2.45, 2.75) is 25.9 Å². The van der Waals surface area contributed by atoms with Crippen molar-refractivity contribution in [3.05, 3.63) is 58.0 Å². The molecule has 0 aromatic carbocycles. The highest BCUT2D eigenvalue weighted by Crippen LogP contribution is 2.10. The Morgan fingerprint density at radius 3 is 3.00 bits per heavy atom. The quantitative estimate of drug-likeness (QED) is 0.716. The van der Waals surface area contributed by atoms with Crippen molar-refractivity contribution < 1.29 is 0 Å². The van der Waals surface area contributed by atoms with Crippen LogP contribution in [0, 0.1) is 0 Å². The lowest BCUT2D eigenvalue weighted by Gasteiger charge is -2.23. The molecule has 1 atom stereocenters. The summed E-state index contributed by atoms with van der Waals surface area (Å²) in [5.74, 6) is 0. The molecule has 0 radical (unpaired) electrons. The molecule has 3 heterocycles. The molecular weight excluding hydrogens is 298 g/mol. The van der Waals surface area contributed by atoms with Crippen LogP contribution in [0.25, 0.3) is 4.96 Å². The van der Waals surface area contributed by atoms with Gasteiger partial charge in [0.25, 0.3) is 5.56 Å². The van der Waals surface area contributed by atoms with Gasteiger partial charge in [0.2, 0.25) is 0 Å². The summed E-state index contributed by atoms with van der Waals surface area (Å²) in [6.45, 7) is 2.76. The third-order valence-electron chi connectivity index (χ3n) is 3.64. The summed E-state index contributed by atoms with van der Waals surface area (Å²) >= 11 is 1.47. The third-order valence-corrected chi connectivity index (χ3v) is 4.40. The van der Waals surface area contributed by atoms with Crippen LogP contribution in [0.3, 0.4) is 0 Å². The molecule has 0 aliphatic rings. The number of likely N-dealkylation sites (N-methyl/N-ethyl adjacent to an activating group) is 1. The van der Waals surface area contributed by atoms with Crippen molar-refractivity contribution in [3.8, 4) is 0 Å². The van der Waals surface area contributed by atoms with Gasteiger partial charge in [-0.25, -0.2) is 4.98 Å². The van der Waals surface area contributed by atoms with Gasteiger partial charge in [-0.3, -0.25) is 24.1 Å². The Labute approximate surface area is 132 Å². The van der Waals surface area contributed by atoms with E-state index in [1.54, 1.807) is 35.3 Å². The molecule has 3 aromatic heterocycles. The zero-order valence-electron chi connectivity index (χ0n) is 12.5. The van der Waals surface area contributed by atoms with Gasteiger partial charge in [0, 0.05) is 55.2 Å². The van der Waals surface area contributed by atoms with Gasteiger partial charge >= 0.3 is 0 Å². The van der Waals surface area contributed by atoms with E-state index in [1.807, 2.05) is 12.4 Å². The minimum Gasteiger partial charge on any atom is -0.297 e. The maximum Gasteiger partial charge on any atom is 0.258 e. The minimum atomic E-state index is -0.0313. The van der Waals surface area contributed by atoms with Gasteiger partial charge in [0.1, 0.15) is 0 Å². The Kier molecular flexibility index (Phi) is 4.26. The van der Waals surface area contributed by atoms with Gasteiger partial charge in [0.05, 0.1) is 11.4 Å². The van der Waals surface area contributed by atoms with E-state index in [2.05, 4.69) is 26.8 Å². The van der Waals surface area contributed by atoms with Crippen LogP contribution in [-0.2, 0) is 13.0 Å². The fourth-order valence-electron chi connectivity index (χ4n) is 2.27. The molecule has 0 fully saturated rings. The third kappa shape index (κ3) is 3.20. The van der Waals surface area contributed by atoms with Gasteiger partial charge < -0.3 is 0 Å². The van der Waals surface area contributed by atoms with E-state index < -0.39 is 0 Å². The first kappa shape index (κ1) is 14.8. The van der Waals surface area contributed by atoms with Crippen LogP contribution in [0.1, 0.15) is 18.3 Å². The maximum absolute atomic E-state index is 12.0. The van der Waals surface area contributed by atoms with Crippen LogP contribution in [-0.4, -0.2) is 37.3 Å². The second kappa shape index (κ2) is 6.33. The van der Waals surface area contributed by atoms with Crippen LogP contribution in [0.2, 0.25) is 0 Å². The number of aromatic nitrogens is 4. The van der Waals surface area contributed by atoms with Crippen LogP contribution < -0.4 is 5.56 Å². The van der Waals surface area contributed by atoms with E-state index in [0.29, 0.717) is 6.54 Å². The molecular formula is C15H17N5OS. The first-order valence-electron chi connectivity index (χ1n) is 7.04. The summed E-state index contributed by atoms with van der Waals surface area (Å²) in [5, 5.41) is 1.87. The highest BCUT2D eigenvalue weighted by molar-refractivity contribution is 7.15. The number of rotatable bonds is 5. The fourth-order valence-corrected chi connectivity index (χ4v) is 3.01. The van der Waals surface area contributed by atoms with E-state index >= 15 is 0 Å². The van der Waals surface area contributed by atoms with E-state index in [0.717, 1.165) is 22.8 Å². The van der Waals surface area contributed by atoms with E-state index in [1.165, 1.54) is 11.3 Å². The van der Waals surface area contributed by atoms with Gasteiger partial charge in [-0.05, 0) is 14.0 Å². The minimum absolute atomic E-state index is 0.0313. The van der Waals surface area contributed by atoms with Gasteiger partial charge in [-0.2, -0.15) is 0 Å². The highest BCUT2D eigenvalue weighted by atomic mass is 32.1. The Morgan fingerprint density at radius 1 is 1.36 bits per heavy atom. The number of fused-ring (bicyclic) bond motifs is 1. The summed E-state index contributed by atoms with van der Waals surface area (Å²) in [4.78, 5) is 27.8. The number of thiazole rings is 1. The monoisotopic (exact) mass is 315 g/mol. The summed E-state index contributed by atoms with van der Waals surface area (Å²) in [6.07, 6.45) is 7.72. The Bertz CT molecular complexity index is 813. The van der Waals surface area contributed by atoms with E-state index in [-0.39, 0.29) is 11.6 Å². The van der Waals surface area contributed by atoms with Crippen molar-refractivity contribution in [1.82, 2.24) is 24.3 Å². The molecule has 0 saturated carbocycles. The molecule has 3 rings (SSSR count). The van der Waals surface area contributed by atoms with Gasteiger partial charge in [-0.1, -0.05) is 0 Å². The summed E-state index contributed by atoms with van der Waals surface area (Å²) in [5.41, 5.74) is 1.72. The predicted molar refractivity (Wildman–Crippen MR) is 86.0 cm³/mol. The second-order valence-corrected chi connectivity index (χ2v) is 6.18. The largest absolute Gasteiger partial charge is 0.297 e. The zero-order valence-corrected chi connectivity index (χ0v) is 13.3. The van der Waals surface area contributed by atoms with Crippen molar-refractivity contribution >= 4 is 16.3 Å². The van der Waals surface area contributed by atoms with Crippen LogP contribution in [0.15, 0.2) is 41.0 Å². The normalized spacial score (nSPS) is 12.9. The van der Waals surface area contributed by atoms with E-state index in [4.69, 9.17) is 0 Å². The van der Waals surface area contributed by atoms with Gasteiger partial charge in [0.15, 0.2) is 4.96 Å². The fraction of sp³-hybridized carbons (Fsp3) is 0.333. The van der Waals surface area contributed by atoms with Crippen molar-refractivity contribution in [3.63, 3.8) is 0 Å². The predicted octanol–water partition coefficient (Wildman–Crippen LogP) is 1.61. The van der Waals surface area contributed by atoms with Gasteiger partial charge in [-0.15, -0.1) is 11.3 Å². The van der Waals surface area contributed by atoms with Crippen molar-refractivity contribution in [2.24, 2.45) is 0 Å². The second-order valence-electron chi connectivity index (χ2n) is 5.31. The molecule has 0 aliphatic carbocycles. The van der Waals surface area contributed by atoms with Crippen LogP contribution >= 0.6 is 11.3 Å². The molecule has 7 heteroatoms. The van der Waals surface area contributed by atoms with Crippen LogP contribution in [0.5, 0.6) is 0 Å². The van der Waals surface area contributed by atoms with Crippen molar-refractivity contribution in [1.29, 1.82) is 0 Å². The Morgan fingerprint density at radius 2 is 2.23 bits per heavy atom. The van der Waals surface area contributed by atoms with Crippen molar-refractivity contribution in [2.75, 3.05) is 7.05 Å². The summed E-state index contributed by atoms with van der Waals surface area (Å²) in [7, 11) is 2.03. The molecule has 0 amide bonds. The molecule has 0 aliphatic heterocycles. The smallest absolute Gasteiger partial charge is 0.258 e. The number of hydrogen-bond donors (Lipinski definition) is 0. The summed E-state index contributed by atoms with van der Waals surface area (Å²) < 4.78 is 1.57. The average Bonchev–Trinajstić information content (AvgIpc) is 2.97. The number of hydrogen-bond acceptors (Lipinski definition) is 6. The molecule has 0 unspecified atom stereocenters. The SMILES string of the molecule is C[C@H](Cc1cnccn1)N(C)Cc1cc(=O)n2ccsc2n1. The summed E-state index contributed by atoms with van der Waals surface area (Å²) in [6, 6.07) is 1.88. The molecule has 0 bridgehead atoms. The topological polar surface area (TPSA) is 63.4 Å². The standard InChI is InChI=1S/C15H17N5OS/c1-11(7-12-9-16-3-4-17-12)19(2)10-13-8-14(21)20-5-6-22-15(20)18-13/h3-6,8-9,11H,7,10H2,1-2H3/t11-/m1/s1. The Hall–Kier alpha value is -2.12. The molecule has 0 spiro atoms. The molecule has 0 N–H and O–H groups in total. The zero-order chi connectivity index (χ0) is 15.5. The van der Waals surface area contributed by atoms with Crippen LogP contribution in [0.4, 0.5) is 0 Å². The first-order valence-corrected chi connectivity index (χ1v) is 7.92. The molecule has 114 valence electrons. The Balaban J connectivity index is 1.72. The lowest BCUT2D eigenvalue weighted by atomic mass is 10.1. The lowest BCUT2D eigenvalue weighted by Crippen LogP contribution is -2.31. The molecule has 22 heavy (non-hydrogen) atoms. The highest BCUT2D eigenvalue weighted by Gasteiger charge is 2.13. The average molecular weight is 315 g/mol. The maximum atomic E-state index is 12.0.